The van der Waals surface area contributed by atoms with E-state index in [4.69, 9.17) is 5.84 Å². The summed E-state index contributed by atoms with van der Waals surface area (Å²) in [5, 5.41) is 0. The Labute approximate surface area is 134 Å². The predicted octanol–water partition coefficient (Wildman–Crippen LogP) is 1.60. The van der Waals surface area contributed by atoms with E-state index in [-0.39, 0.29) is 11.9 Å². The lowest BCUT2D eigenvalue weighted by atomic mass is 9.98. The Balaban J connectivity index is 2.01. The van der Waals surface area contributed by atoms with Crippen LogP contribution in [-0.2, 0) is 6.42 Å². The van der Waals surface area contributed by atoms with Gasteiger partial charge in [-0.3, -0.25) is 11.3 Å². The molecule has 0 radical (unpaired) electrons. The summed E-state index contributed by atoms with van der Waals surface area (Å²) in [6.45, 7) is 3.21. The second kappa shape index (κ2) is 7.65. The molecule has 1 aromatic carbocycles. The number of rotatable bonds is 5. The van der Waals surface area contributed by atoms with Gasteiger partial charge in [-0.25, -0.2) is 4.39 Å². The zero-order valence-corrected chi connectivity index (χ0v) is 14.2. The van der Waals surface area contributed by atoms with Crippen molar-refractivity contribution in [1.29, 1.82) is 0 Å². The van der Waals surface area contributed by atoms with Gasteiger partial charge in [-0.15, -0.1) is 0 Å². The molecule has 0 spiro atoms. The molecule has 1 saturated heterocycles. The standard InChI is InChI=1S/C15H24BrFN4/c1-20-5-6-21(2)14(10-20)9-13(19-18)8-11-7-12(17)3-4-15(11)16/h3-4,7,13-14,19H,5-6,8-10,18H2,1-2H3. The second-order valence-electron chi connectivity index (χ2n) is 5.94. The fourth-order valence-electron chi connectivity index (χ4n) is 2.86. The number of hydrogen-bond acceptors (Lipinski definition) is 4. The van der Waals surface area contributed by atoms with Crippen molar-refractivity contribution in [3.8, 4) is 0 Å². The minimum Gasteiger partial charge on any atom is -0.304 e. The van der Waals surface area contributed by atoms with Crippen LogP contribution in [0.4, 0.5) is 4.39 Å². The van der Waals surface area contributed by atoms with Crippen molar-refractivity contribution in [1.82, 2.24) is 15.2 Å². The van der Waals surface area contributed by atoms with E-state index < -0.39 is 0 Å². The first-order valence-electron chi connectivity index (χ1n) is 7.28. The maximum atomic E-state index is 13.4. The largest absolute Gasteiger partial charge is 0.304 e. The van der Waals surface area contributed by atoms with Gasteiger partial charge in [0.15, 0.2) is 0 Å². The van der Waals surface area contributed by atoms with Crippen LogP contribution >= 0.6 is 15.9 Å². The first-order valence-corrected chi connectivity index (χ1v) is 8.07. The van der Waals surface area contributed by atoms with Gasteiger partial charge >= 0.3 is 0 Å². The van der Waals surface area contributed by atoms with Gasteiger partial charge in [-0.1, -0.05) is 15.9 Å². The molecule has 1 aliphatic heterocycles. The molecular weight excluding hydrogens is 335 g/mol. The van der Waals surface area contributed by atoms with Gasteiger partial charge in [-0.2, -0.15) is 0 Å². The molecule has 3 N–H and O–H groups in total. The average Bonchev–Trinajstić information content (AvgIpc) is 2.45. The predicted molar refractivity (Wildman–Crippen MR) is 87.4 cm³/mol. The summed E-state index contributed by atoms with van der Waals surface area (Å²) in [4.78, 5) is 4.72. The van der Waals surface area contributed by atoms with Gasteiger partial charge in [0.05, 0.1) is 0 Å². The molecule has 6 heteroatoms. The topological polar surface area (TPSA) is 44.5 Å². The van der Waals surface area contributed by atoms with Crippen LogP contribution in [0, 0.1) is 5.82 Å². The number of nitrogens with zero attached hydrogens (tertiary/aromatic N) is 2. The first-order chi connectivity index (χ1) is 9.99. The molecule has 1 aliphatic rings. The molecule has 2 unspecified atom stereocenters. The number of likely N-dealkylation sites (N-methyl/N-ethyl adjacent to an activating group) is 2. The van der Waals surface area contributed by atoms with Crippen LogP contribution in [0.5, 0.6) is 0 Å². The highest BCUT2D eigenvalue weighted by Gasteiger charge is 2.25. The van der Waals surface area contributed by atoms with E-state index in [1.165, 1.54) is 6.07 Å². The number of benzene rings is 1. The van der Waals surface area contributed by atoms with E-state index in [2.05, 4.69) is 45.3 Å². The Hall–Kier alpha value is -0.530. The number of halogens is 2. The van der Waals surface area contributed by atoms with E-state index >= 15 is 0 Å². The normalized spacial score (nSPS) is 22.4. The van der Waals surface area contributed by atoms with Crippen molar-refractivity contribution in [2.24, 2.45) is 5.84 Å². The van der Waals surface area contributed by atoms with Gasteiger partial charge in [0.2, 0.25) is 0 Å². The van der Waals surface area contributed by atoms with Crippen LogP contribution in [-0.4, -0.2) is 55.6 Å². The molecule has 0 saturated carbocycles. The molecule has 0 aliphatic carbocycles. The third-order valence-electron chi connectivity index (χ3n) is 4.25. The maximum Gasteiger partial charge on any atom is 0.123 e. The molecule has 1 aromatic rings. The molecule has 118 valence electrons. The van der Waals surface area contributed by atoms with Crippen LogP contribution in [0.1, 0.15) is 12.0 Å². The zero-order chi connectivity index (χ0) is 15.4. The summed E-state index contributed by atoms with van der Waals surface area (Å²) in [6.07, 6.45) is 1.66. The highest BCUT2D eigenvalue weighted by Crippen LogP contribution is 2.21. The summed E-state index contributed by atoms with van der Waals surface area (Å²) in [5.74, 6) is 5.51. The van der Waals surface area contributed by atoms with Crippen LogP contribution in [0.15, 0.2) is 22.7 Å². The van der Waals surface area contributed by atoms with E-state index in [1.54, 1.807) is 12.1 Å². The number of piperazine rings is 1. The molecule has 21 heavy (non-hydrogen) atoms. The van der Waals surface area contributed by atoms with Crippen molar-refractivity contribution in [2.75, 3.05) is 33.7 Å². The van der Waals surface area contributed by atoms with E-state index in [0.717, 1.165) is 36.1 Å². The van der Waals surface area contributed by atoms with Gasteiger partial charge in [-0.05, 0) is 50.7 Å². The number of hydrogen-bond donors (Lipinski definition) is 2. The number of nitrogens with one attached hydrogen (secondary N) is 1. The van der Waals surface area contributed by atoms with Crippen molar-refractivity contribution < 1.29 is 4.39 Å². The quantitative estimate of drug-likeness (QED) is 0.619. The van der Waals surface area contributed by atoms with Gasteiger partial charge in [0, 0.05) is 36.2 Å². The van der Waals surface area contributed by atoms with Crippen LogP contribution in [0.25, 0.3) is 0 Å². The summed E-state index contributed by atoms with van der Waals surface area (Å²) in [5.41, 5.74) is 3.84. The van der Waals surface area contributed by atoms with Crippen LogP contribution < -0.4 is 11.3 Å². The molecule has 1 fully saturated rings. The molecule has 2 rings (SSSR count). The molecule has 0 aromatic heterocycles. The van der Waals surface area contributed by atoms with Crippen molar-refractivity contribution in [3.05, 3.63) is 34.1 Å². The Morgan fingerprint density at radius 1 is 1.43 bits per heavy atom. The lowest BCUT2D eigenvalue weighted by Crippen LogP contribution is -2.53. The smallest absolute Gasteiger partial charge is 0.123 e. The zero-order valence-electron chi connectivity index (χ0n) is 12.6. The lowest BCUT2D eigenvalue weighted by molar-refractivity contribution is 0.101. The minimum atomic E-state index is -0.210. The maximum absolute atomic E-state index is 13.4. The van der Waals surface area contributed by atoms with E-state index in [9.17, 15) is 4.39 Å². The molecule has 2 atom stereocenters. The lowest BCUT2D eigenvalue weighted by Gasteiger charge is -2.39. The molecule has 0 amide bonds. The Morgan fingerprint density at radius 3 is 2.90 bits per heavy atom. The molecular formula is C15H24BrFN4. The van der Waals surface area contributed by atoms with Gasteiger partial charge in [0.25, 0.3) is 0 Å². The number of hydrazine groups is 1. The van der Waals surface area contributed by atoms with Crippen LogP contribution in [0.2, 0.25) is 0 Å². The third kappa shape index (κ3) is 4.72. The van der Waals surface area contributed by atoms with E-state index in [1.807, 2.05) is 0 Å². The van der Waals surface area contributed by atoms with Crippen molar-refractivity contribution >= 4 is 15.9 Å². The third-order valence-corrected chi connectivity index (χ3v) is 5.02. The highest BCUT2D eigenvalue weighted by atomic mass is 79.9. The van der Waals surface area contributed by atoms with Crippen molar-refractivity contribution in [3.63, 3.8) is 0 Å². The minimum absolute atomic E-state index is 0.127. The van der Waals surface area contributed by atoms with E-state index in [0.29, 0.717) is 12.5 Å². The number of nitrogens with two attached hydrogens (primary N) is 1. The molecule has 4 nitrogen and oxygen atoms in total. The average molecular weight is 359 g/mol. The Bertz CT molecular complexity index is 471. The fraction of sp³-hybridized carbons (Fsp3) is 0.600. The summed E-state index contributed by atoms with van der Waals surface area (Å²) in [6, 6.07) is 5.38. The SMILES string of the molecule is CN1CCN(C)C(CC(Cc2cc(F)ccc2Br)NN)C1. The van der Waals surface area contributed by atoms with Gasteiger partial charge < -0.3 is 9.80 Å². The fourth-order valence-corrected chi connectivity index (χ4v) is 3.27. The summed E-state index contributed by atoms with van der Waals surface area (Å²) in [7, 11) is 4.30. The Kier molecular flexibility index (Phi) is 6.13. The van der Waals surface area contributed by atoms with Gasteiger partial charge in [0.1, 0.15) is 5.82 Å². The molecule has 1 heterocycles. The molecule has 0 bridgehead atoms. The summed E-state index contributed by atoms with van der Waals surface area (Å²) >= 11 is 3.48. The van der Waals surface area contributed by atoms with Crippen molar-refractivity contribution in [2.45, 2.75) is 24.9 Å². The van der Waals surface area contributed by atoms with Crippen LogP contribution in [0.3, 0.4) is 0 Å². The second-order valence-corrected chi connectivity index (χ2v) is 6.79. The monoisotopic (exact) mass is 358 g/mol. The Morgan fingerprint density at radius 2 is 2.19 bits per heavy atom. The summed E-state index contributed by atoms with van der Waals surface area (Å²) < 4.78 is 14.3. The first kappa shape index (κ1) is 16.8. The highest BCUT2D eigenvalue weighted by molar-refractivity contribution is 9.10.